The fourth-order valence-electron chi connectivity index (χ4n) is 2.14. The van der Waals surface area contributed by atoms with Gasteiger partial charge in [0.25, 0.3) is 0 Å². The number of rotatable bonds is 6. The Hall–Kier alpha value is -2.86. The summed E-state index contributed by atoms with van der Waals surface area (Å²) in [6, 6.07) is 7.64. The number of hydrogen-bond acceptors (Lipinski definition) is 7. The van der Waals surface area contributed by atoms with Crippen molar-refractivity contribution in [3.8, 4) is 11.4 Å². The summed E-state index contributed by atoms with van der Waals surface area (Å²) in [6.07, 6.45) is -3.98. The third-order valence-electron chi connectivity index (χ3n) is 3.52. The van der Waals surface area contributed by atoms with Gasteiger partial charge < -0.3 is 10.1 Å². The van der Waals surface area contributed by atoms with Gasteiger partial charge in [0.15, 0.2) is 5.82 Å². The number of anilines is 1. The van der Waals surface area contributed by atoms with Crippen molar-refractivity contribution in [2.75, 3.05) is 18.2 Å². The molecule has 1 amide bonds. The first-order valence-electron chi connectivity index (χ1n) is 7.86. The molecule has 1 aromatic carbocycles. The molecule has 3 rings (SSSR count). The summed E-state index contributed by atoms with van der Waals surface area (Å²) < 4.78 is 44.4. The highest BCUT2D eigenvalue weighted by atomic mass is 35.5. The quantitative estimate of drug-likeness (QED) is 0.582. The zero-order chi connectivity index (χ0) is 21.0. The lowest BCUT2D eigenvalue weighted by Crippen LogP contribution is -2.16. The van der Waals surface area contributed by atoms with Gasteiger partial charge in [-0.05, 0) is 40.8 Å². The predicted octanol–water partition coefficient (Wildman–Crippen LogP) is 3.47. The third kappa shape index (κ3) is 5.15. The number of ether oxygens (including phenoxy) is 1. The number of amides is 1. The van der Waals surface area contributed by atoms with E-state index in [2.05, 4.69) is 25.8 Å². The second-order valence-corrected chi connectivity index (χ2v) is 6.81. The number of hydrogen-bond donors (Lipinski definition) is 1. The molecule has 152 valence electrons. The van der Waals surface area contributed by atoms with Gasteiger partial charge in [-0.25, -0.2) is 4.98 Å². The fraction of sp³-hybridized carbons (Fsp3) is 0.188. The standard InChI is InChI=1S/C16H12ClF3N6O2S/c1-28-11-4-2-10(3-5-11)26-15(23-24-25-26)29-8-13(27)22-14-12(17)6-9(7-21-14)16(18,19)20/h2-7H,8H2,1H3,(H,21,22,27). The predicted molar refractivity (Wildman–Crippen MR) is 99.3 cm³/mol. The number of alkyl halides is 3. The number of nitrogens with zero attached hydrogens (tertiary/aromatic N) is 5. The summed E-state index contributed by atoms with van der Waals surface area (Å²) in [6.45, 7) is 0. The molecular weight excluding hydrogens is 433 g/mol. The van der Waals surface area contributed by atoms with E-state index in [1.54, 1.807) is 31.4 Å². The zero-order valence-corrected chi connectivity index (χ0v) is 16.2. The largest absolute Gasteiger partial charge is 0.497 e. The monoisotopic (exact) mass is 444 g/mol. The normalized spacial score (nSPS) is 11.3. The van der Waals surface area contributed by atoms with Crippen LogP contribution in [0.2, 0.25) is 5.02 Å². The second-order valence-electron chi connectivity index (χ2n) is 5.46. The van der Waals surface area contributed by atoms with Crippen molar-refractivity contribution in [2.24, 2.45) is 0 Å². The summed E-state index contributed by atoms with van der Waals surface area (Å²) in [5, 5.41) is 13.7. The molecule has 0 saturated heterocycles. The van der Waals surface area contributed by atoms with Crippen molar-refractivity contribution < 1.29 is 22.7 Å². The van der Waals surface area contributed by atoms with E-state index in [1.807, 2.05) is 0 Å². The SMILES string of the molecule is COc1ccc(-n2nnnc2SCC(=O)Nc2ncc(C(F)(F)F)cc2Cl)cc1. The topological polar surface area (TPSA) is 94.8 Å². The lowest BCUT2D eigenvalue weighted by Gasteiger charge is -2.10. The Kier molecular flexibility index (Phi) is 6.23. The van der Waals surface area contributed by atoms with Crippen LogP contribution in [0.15, 0.2) is 41.7 Å². The van der Waals surface area contributed by atoms with Crippen LogP contribution in [-0.2, 0) is 11.0 Å². The molecule has 0 aliphatic heterocycles. The lowest BCUT2D eigenvalue weighted by molar-refractivity contribution is -0.137. The molecule has 0 atom stereocenters. The number of thioether (sulfide) groups is 1. The second kappa shape index (κ2) is 8.66. The van der Waals surface area contributed by atoms with E-state index in [0.717, 1.165) is 11.8 Å². The maximum Gasteiger partial charge on any atom is 0.417 e. The van der Waals surface area contributed by atoms with Crippen molar-refractivity contribution in [1.82, 2.24) is 25.2 Å². The van der Waals surface area contributed by atoms with Crippen molar-refractivity contribution in [1.29, 1.82) is 0 Å². The van der Waals surface area contributed by atoms with Gasteiger partial charge in [0.05, 0.1) is 29.1 Å². The number of halogens is 4. The fourth-order valence-corrected chi connectivity index (χ4v) is 3.04. The van der Waals surface area contributed by atoms with Gasteiger partial charge in [0.1, 0.15) is 5.75 Å². The molecule has 2 aromatic heterocycles. The van der Waals surface area contributed by atoms with Gasteiger partial charge >= 0.3 is 6.18 Å². The molecule has 0 aliphatic carbocycles. The summed E-state index contributed by atoms with van der Waals surface area (Å²) in [5.74, 6) is -0.153. The molecule has 0 aliphatic rings. The van der Waals surface area contributed by atoms with Gasteiger partial charge in [0, 0.05) is 6.20 Å². The van der Waals surface area contributed by atoms with Gasteiger partial charge in [-0.15, -0.1) is 5.10 Å². The van der Waals surface area contributed by atoms with Crippen LogP contribution in [0, 0.1) is 0 Å². The number of carbonyl (C=O) groups excluding carboxylic acids is 1. The van der Waals surface area contributed by atoms with E-state index < -0.39 is 17.6 Å². The molecule has 0 bridgehead atoms. The van der Waals surface area contributed by atoms with Crippen LogP contribution >= 0.6 is 23.4 Å². The molecule has 1 N–H and O–H groups in total. The first-order valence-corrected chi connectivity index (χ1v) is 9.22. The van der Waals surface area contributed by atoms with E-state index in [4.69, 9.17) is 16.3 Å². The number of carbonyl (C=O) groups is 1. The Balaban J connectivity index is 1.64. The van der Waals surface area contributed by atoms with Crippen molar-refractivity contribution in [3.05, 3.63) is 47.1 Å². The molecule has 8 nitrogen and oxygen atoms in total. The molecule has 0 saturated carbocycles. The Labute approximate surface area is 171 Å². The minimum atomic E-state index is -4.58. The molecular formula is C16H12ClF3N6O2S. The van der Waals surface area contributed by atoms with Gasteiger partial charge in [-0.3, -0.25) is 4.79 Å². The van der Waals surface area contributed by atoms with E-state index in [1.165, 1.54) is 4.68 Å². The van der Waals surface area contributed by atoms with Crippen LogP contribution in [0.3, 0.4) is 0 Å². The number of tetrazole rings is 1. The molecule has 13 heteroatoms. The number of methoxy groups -OCH3 is 1. The van der Waals surface area contributed by atoms with Crippen molar-refractivity contribution in [2.45, 2.75) is 11.3 Å². The average molecular weight is 445 g/mol. The van der Waals surface area contributed by atoms with Crippen LogP contribution in [0.5, 0.6) is 5.75 Å². The number of pyridine rings is 1. The summed E-state index contributed by atoms with van der Waals surface area (Å²) >= 11 is 6.81. The Morgan fingerprint density at radius 3 is 2.66 bits per heavy atom. The first kappa shape index (κ1) is 20.9. The van der Waals surface area contributed by atoms with Crippen molar-refractivity contribution in [3.63, 3.8) is 0 Å². The van der Waals surface area contributed by atoms with E-state index in [-0.39, 0.29) is 16.6 Å². The molecule has 0 unspecified atom stereocenters. The molecule has 29 heavy (non-hydrogen) atoms. The van der Waals surface area contributed by atoms with Crippen LogP contribution in [0.4, 0.5) is 19.0 Å². The molecule has 0 fully saturated rings. The number of nitrogens with one attached hydrogen (secondary N) is 1. The Morgan fingerprint density at radius 1 is 1.31 bits per heavy atom. The first-order chi connectivity index (χ1) is 13.8. The molecule has 3 aromatic rings. The van der Waals surface area contributed by atoms with Gasteiger partial charge in [-0.1, -0.05) is 23.4 Å². The van der Waals surface area contributed by atoms with Crippen LogP contribution in [0.1, 0.15) is 5.56 Å². The summed E-state index contributed by atoms with van der Waals surface area (Å²) in [4.78, 5) is 15.7. The molecule has 0 radical (unpaired) electrons. The van der Waals surface area contributed by atoms with E-state index >= 15 is 0 Å². The number of benzene rings is 1. The lowest BCUT2D eigenvalue weighted by atomic mass is 10.3. The summed E-state index contributed by atoms with van der Waals surface area (Å²) in [5.41, 5.74) is -0.347. The highest BCUT2D eigenvalue weighted by Gasteiger charge is 2.31. The molecule has 2 heterocycles. The van der Waals surface area contributed by atoms with Gasteiger partial charge in [0.2, 0.25) is 11.1 Å². The van der Waals surface area contributed by atoms with E-state index in [9.17, 15) is 18.0 Å². The minimum Gasteiger partial charge on any atom is -0.497 e. The van der Waals surface area contributed by atoms with Crippen molar-refractivity contribution >= 4 is 35.1 Å². The molecule has 0 spiro atoms. The minimum absolute atomic E-state index is 0.116. The van der Waals surface area contributed by atoms with E-state index in [0.29, 0.717) is 28.9 Å². The maximum atomic E-state index is 12.6. The van der Waals surface area contributed by atoms with Crippen LogP contribution < -0.4 is 10.1 Å². The van der Waals surface area contributed by atoms with Gasteiger partial charge in [-0.2, -0.15) is 17.9 Å². The summed E-state index contributed by atoms with van der Waals surface area (Å²) in [7, 11) is 1.55. The third-order valence-corrected chi connectivity index (χ3v) is 4.72. The van der Waals surface area contributed by atoms with Crippen LogP contribution in [0.25, 0.3) is 5.69 Å². The zero-order valence-electron chi connectivity index (χ0n) is 14.6. The highest BCUT2D eigenvalue weighted by molar-refractivity contribution is 7.99. The van der Waals surface area contributed by atoms with Crippen LogP contribution in [-0.4, -0.2) is 44.0 Å². The smallest absolute Gasteiger partial charge is 0.417 e. The maximum absolute atomic E-state index is 12.6. The number of aromatic nitrogens is 5. The highest BCUT2D eigenvalue weighted by Crippen LogP contribution is 2.32. The Bertz CT molecular complexity index is 1010. The average Bonchev–Trinajstić information content (AvgIpc) is 3.16. The Morgan fingerprint density at radius 2 is 2.03 bits per heavy atom.